The zero-order valence-corrected chi connectivity index (χ0v) is 17.3. The highest BCUT2D eigenvalue weighted by Gasteiger charge is 2.33. The summed E-state index contributed by atoms with van der Waals surface area (Å²) >= 11 is 1.32. The van der Waals surface area contributed by atoms with Crippen LogP contribution in [0.15, 0.2) is 29.4 Å². The molecule has 3 rings (SSSR count). The van der Waals surface area contributed by atoms with Crippen LogP contribution < -0.4 is 5.32 Å². The Labute approximate surface area is 163 Å². The number of sulfone groups is 1. The predicted molar refractivity (Wildman–Crippen MR) is 105 cm³/mol. The molecule has 2 heterocycles. The highest BCUT2D eigenvalue weighted by molar-refractivity contribution is 8.00. The van der Waals surface area contributed by atoms with Crippen molar-refractivity contribution in [2.45, 2.75) is 43.1 Å². The zero-order chi connectivity index (χ0) is 19.6. The van der Waals surface area contributed by atoms with Crippen LogP contribution in [0.3, 0.4) is 0 Å². The molecule has 1 aliphatic heterocycles. The Morgan fingerprint density at radius 2 is 2.04 bits per heavy atom. The maximum atomic E-state index is 12.4. The van der Waals surface area contributed by atoms with Gasteiger partial charge in [-0.15, -0.1) is 10.2 Å². The molecule has 2 unspecified atom stereocenters. The fraction of sp³-hybridized carbons (Fsp3) is 0.500. The molecule has 146 valence electrons. The Hall–Kier alpha value is -1.87. The van der Waals surface area contributed by atoms with E-state index in [1.165, 1.54) is 17.3 Å². The molecule has 7 nitrogen and oxygen atoms in total. The number of nitrogens with zero attached hydrogens (tertiary/aromatic N) is 3. The third-order valence-corrected chi connectivity index (χ3v) is 7.61. The molecule has 1 fully saturated rings. The number of hydrogen-bond donors (Lipinski definition) is 1. The van der Waals surface area contributed by atoms with Gasteiger partial charge in [-0.3, -0.25) is 4.79 Å². The second kappa shape index (κ2) is 8.02. The van der Waals surface area contributed by atoms with E-state index in [9.17, 15) is 13.2 Å². The average molecular weight is 409 g/mol. The highest BCUT2D eigenvalue weighted by Crippen LogP contribution is 2.30. The Morgan fingerprint density at radius 3 is 2.67 bits per heavy atom. The molecule has 9 heteroatoms. The van der Waals surface area contributed by atoms with Crippen molar-refractivity contribution in [2.24, 2.45) is 7.05 Å². The van der Waals surface area contributed by atoms with Crippen LogP contribution in [0.2, 0.25) is 0 Å². The zero-order valence-electron chi connectivity index (χ0n) is 15.7. The van der Waals surface area contributed by atoms with Crippen LogP contribution in [-0.4, -0.2) is 45.8 Å². The average Bonchev–Trinajstić information content (AvgIpc) is 3.16. The molecule has 0 aliphatic carbocycles. The molecular formula is C18H24N4O3S2. The number of rotatable bonds is 6. The molecule has 1 N–H and O–H groups in total. The number of aryl methyl sites for hydroxylation is 1. The van der Waals surface area contributed by atoms with Crippen LogP contribution in [0.25, 0.3) is 0 Å². The van der Waals surface area contributed by atoms with E-state index in [0.717, 1.165) is 5.56 Å². The Morgan fingerprint density at radius 1 is 1.33 bits per heavy atom. The van der Waals surface area contributed by atoms with Gasteiger partial charge in [-0.2, -0.15) is 0 Å². The lowest BCUT2D eigenvalue weighted by Gasteiger charge is -2.12. The summed E-state index contributed by atoms with van der Waals surface area (Å²) in [4.78, 5) is 12.4. The van der Waals surface area contributed by atoms with E-state index in [1.54, 1.807) is 4.57 Å². The minimum absolute atomic E-state index is 0.0754. The Kier molecular flexibility index (Phi) is 5.90. The van der Waals surface area contributed by atoms with Crippen LogP contribution in [0.1, 0.15) is 36.2 Å². The molecule has 0 radical (unpaired) electrons. The number of carbonyl (C=O) groups excluding carboxylic acids is 1. The van der Waals surface area contributed by atoms with Gasteiger partial charge in [0.25, 0.3) is 0 Å². The summed E-state index contributed by atoms with van der Waals surface area (Å²) in [5, 5.41) is 11.6. The SMILES string of the molecule is Cc1ccc(CNC(=O)C(C)Sc2nnc(C3CCS(=O)(=O)C3)n2C)cc1. The molecule has 1 saturated heterocycles. The van der Waals surface area contributed by atoms with Crippen LogP contribution in [-0.2, 0) is 28.2 Å². The first-order valence-electron chi connectivity index (χ1n) is 8.85. The van der Waals surface area contributed by atoms with Crippen molar-refractivity contribution in [3.63, 3.8) is 0 Å². The van der Waals surface area contributed by atoms with Gasteiger partial charge in [-0.05, 0) is 25.8 Å². The summed E-state index contributed by atoms with van der Waals surface area (Å²) < 4.78 is 25.2. The Bertz CT molecular complexity index is 923. The Balaban J connectivity index is 1.58. The molecule has 1 aromatic carbocycles. The fourth-order valence-electron chi connectivity index (χ4n) is 3.03. The standard InChI is InChI=1S/C18H24N4O3S2/c1-12-4-6-14(7-5-12)10-19-17(23)13(2)26-18-21-20-16(22(18)3)15-8-9-27(24,25)11-15/h4-7,13,15H,8-11H2,1-3H3,(H,19,23). The molecule has 2 aromatic rings. The molecule has 1 aromatic heterocycles. The molecule has 0 spiro atoms. The third-order valence-electron chi connectivity index (χ3n) is 4.70. The maximum absolute atomic E-state index is 12.4. The normalized spacial score (nSPS) is 19.7. The monoisotopic (exact) mass is 408 g/mol. The molecule has 0 bridgehead atoms. The molecule has 27 heavy (non-hydrogen) atoms. The fourth-order valence-corrected chi connectivity index (χ4v) is 5.62. The first kappa shape index (κ1) is 19.9. The third kappa shape index (κ3) is 4.90. The lowest BCUT2D eigenvalue weighted by Crippen LogP contribution is -2.30. The van der Waals surface area contributed by atoms with Crippen molar-refractivity contribution in [3.8, 4) is 0 Å². The summed E-state index contributed by atoms with van der Waals surface area (Å²) in [5.41, 5.74) is 2.23. The van der Waals surface area contributed by atoms with Gasteiger partial charge in [-0.25, -0.2) is 8.42 Å². The van der Waals surface area contributed by atoms with E-state index in [4.69, 9.17) is 0 Å². The van der Waals surface area contributed by atoms with Crippen LogP contribution in [0.5, 0.6) is 0 Å². The van der Waals surface area contributed by atoms with Crippen molar-refractivity contribution in [3.05, 3.63) is 41.2 Å². The number of benzene rings is 1. The van der Waals surface area contributed by atoms with E-state index in [2.05, 4.69) is 15.5 Å². The van der Waals surface area contributed by atoms with Crippen LogP contribution in [0.4, 0.5) is 0 Å². The van der Waals surface area contributed by atoms with E-state index in [0.29, 0.717) is 23.9 Å². The number of nitrogens with one attached hydrogen (secondary N) is 1. The number of thioether (sulfide) groups is 1. The van der Waals surface area contributed by atoms with E-state index >= 15 is 0 Å². The predicted octanol–water partition coefficient (Wildman–Crippen LogP) is 1.82. The highest BCUT2D eigenvalue weighted by atomic mass is 32.2. The summed E-state index contributed by atoms with van der Waals surface area (Å²) in [6, 6.07) is 8.03. The topological polar surface area (TPSA) is 94.0 Å². The van der Waals surface area contributed by atoms with Crippen LogP contribution >= 0.6 is 11.8 Å². The molecular weight excluding hydrogens is 384 g/mol. The summed E-state index contributed by atoms with van der Waals surface area (Å²) in [7, 11) is -1.16. The molecule has 2 atom stereocenters. The molecule has 1 aliphatic rings. The maximum Gasteiger partial charge on any atom is 0.233 e. The number of hydrogen-bond acceptors (Lipinski definition) is 6. The van der Waals surface area contributed by atoms with Gasteiger partial charge in [0.2, 0.25) is 5.91 Å². The second-order valence-electron chi connectivity index (χ2n) is 6.96. The van der Waals surface area contributed by atoms with Gasteiger partial charge in [-0.1, -0.05) is 41.6 Å². The van der Waals surface area contributed by atoms with Crippen molar-refractivity contribution in [1.29, 1.82) is 0 Å². The number of amides is 1. The van der Waals surface area contributed by atoms with E-state index < -0.39 is 9.84 Å². The number of aromatic nitrogens is 3. The quantitative estimate of drug-likeness (QED) is 0.733. The summed E-state index contributed by atoms with van der Waals surface area (Å²) in [6.07, 6.45) is 0.575. The van der Waals surface area contributed by atoms with Gasteiger partial charge in [0, 0.05) is 19.5 Å². The van der Waals surface area contributed by atoms with Gasteiger partial charge in [0.05, 0.1) is 16.8 Å². The van der Waals surface area contributed by atoms with Crippen molar-refractivity contribution < 1.29 is 13.2 Å². The lowest BCUT2D eigenvalue weighted by molar-refractivity contribution is -0.120. The minimum atomic E-state index is -2.98. The van der Waals surface area contributed by atoms with Gasteiger partial charge >= 0.3 is 0 Å². The molecule has 0 saturated carbocycles. The summed E-state index contributed by atoms with van der Waals surface area (Å²) in [6.45, 7) is 4.33. The second-order valence-corrected chi connectivity index (χ2v) is 10.5. The van der Waals surface area contributed by atoms with Crippen molar-refractivity contribution >= 4 is 27.5 Å². The van der Waals surface area contributed by atoms with Crippen LogP contribution in [0, 0.1) is 6.92 Å². The van der Waals surface area contributed by atoms with Gasteiger partial charge in [0.1, 0.15) is 5.82 Å². The van der Waals surface area contributed by atoms with Gasteiger partial charge in [0.15, 0.2) is 15.0 Å². The first-order valence-corrected chi connectivity index (χ1v) is 11.5. The molecule has 1 amide bonds. The summed E-state index contributed by atoms with van der Waals surface area (Å²) in [5.74, 6) is 0.799. The van der Waals surface area contributed by atoms with E-state index in [-0.39, 0.29) is 28.6 Å². The largest absolute Gasteiger partial charge is 0.351 e. The lowest BCUT2D eigenvalue weighted by atomic mass is 10.1. The van der Waals surface area contributed by atoms with Gasteiger partial charge < -0.3 is 9.88 Å². The van der Waals surface area contributed by atoms with Crippen molar-refractivity contribution in [1.82, 2.24) is 20.1 Å². The van der Waals surface area contributed by atoms with E-state index in [1.807, 2.05) is 45.2 Å². The van der Waals surface area contributed by atoms with Crippen molar-refractivity contribution in [2.75, 3.05) is 11.5 Å². The smallest absolute Gasteiger partial charge is 0.233 e. The number of carbonyl (C=O) groups is 1. The first-order chi connectivity index (χ1) is 12.7. The minimum Gasteiger partial charge on any atom is -0.351 e.